The summed E-state index contributed by atoms with van der Waals surface area (Å²) in [7, 11) is 0. The average Bonchev–Trinajstić information content (AvgIpc) is 3.03. The standard InChI is InChI=1S/C19H20BrN3O/c1-13(2)17-6-4-3-5-14(17)7-12-18-22-23-19(24-18)21-16-10-8-15(20)9-11-16/h3-6,8-11,13H,7,12H2,1-2H3,(H,21,23). The van der Waals surface area contributed by atoms with Crippen molar-refractivity contribution >= 4 is 27.6 Å². The molecule has 1 aromatic heterocycles. The second kappa shape index (κ2) is 7.62. The molecule has 0 amide bonds. The highest BCUT2D eigenvalue weighted by molar-refractivity contribution is 9.10. The summed E-state index contributed by atoms with van der Waals surface area (Å²) in [6.07, 6.45) is 1.63. The van der Waals surface area contributed by atoms with E-state index in [1.54, 1.807) is 0 Å². The third-order valence-corrected chi connectivity index (χ3v) is 4.38. The van der Waals surface area contributed by atoms with Gasteiger partial charge in [0, 0.05) is 16.6 Å². The van der Waals surface area contributed by atoms with Crippen LogP contribution in [0.1, 0.15) is 36.8 Å². The smallest absolute Gasteiger partial charge is 0.320 e. The van der Waals surface area contributed by atoms with Crippen molar-refractivity contribution in [2.45, 2.75) is 32.6 Å². The molecule has 2 aromatic carbocycles. The number of halogens is 1. The van der Waals surface area contributed by atoms with E-state index < -0.39 is 0 Å². The fourth-order valence-electron chi connectivity index (χ4n) is 2.63. The van der Waals surface area contributed by atoms with Crippen LogP contribution in [0, 0.1) is 0 Å². The number of anilines is 2. The normalized spacial score (nSPS) is 11.0. The Morgan fingerprint density at radius 3 is 2.50 bits per heavy atom. The maximum Gasteiger partial charge on any atom is 0.320 e. The molecule has 4 nitrogen and oxygen atoms in total. The lowest BCUT2D eigenvalue weighted by Crippen LogP contribution is -1.98. The minimum atomic E-state index is 0.421. The Hall–Kier alpha value is -2.14. The van der Waals surface area contributed by atoms with E-state index in [4.69, 9.17) is 4.42 Å². The molecule has 0 spiro atoms. The summed E-state index contributed by atoms with van der Waals surface area (Å²) < 4.78 is 6.73. The Balaban J connectivity index is 1.63. The molecule has 1 N–H and O–H groups in total. The highest BCUT2D eigenvalue weighted by atomic mass is 79.9. The van der Waals surface area contributed by atoms with E-state index in [2.05, 4.69) is 69.6 Å². The van der Waals surface area contributed by atoms with Crippen LogP contribution < -0.4 is 5.32 Å². The van der Waals surface area contributed by atoms with E-state index in [0.29, 0.717) is 17.8 Å². The Kier molecular flexibility index (Phi) is 5.30. The van der Waals surface area contributed by atoms with Gasteiger partial charge in [-0.2, -0.15) is 0 Å². The Morgan fingerprint density at radius 2 is 1.75 bits per heavy atom. The summed E-state index contributed by atoms with van der Waals surface area (Å²) in [5.41, 5.74) is 3.64. The van der Waals surface area contributed by atoms with Crippen molar-refractivity contribution in [3.63, 3.8) is 0 Å². The molecule has 0 fully saturated rings. The summed E-state index contributed by atoms with van der Waals surface area (Å²) in [6.45, 7) is 4.43. The summed E-state index contributed by atoms with van der Waals surface area (Å²) in [6, 6.07) is 16.8. The first-order valence-corrected chi connectivity index (χ1v) is 8.84. The molecule has 3 aromatic rings. The molecule has 0 aliphatic carbocycles. The van der Waals surface area contributed by atoms with Crippen LogP contribution in [0.5, 0.6) is 0 Å². The van der Waals surface area contributed by atoms with Gasteiger partial charge in [-0.3, -0.25) is 0 Å². The molecule has 0 aliphatic rings. The zero-order chi connectivity index (χ0) is 16.9. The van der Waals surface area contributed by atoms with E-state index in [-0.39, 0.29) is 0 Å². The SMILES string of the molecule is CC(C)c1ccccc1CCc1nnc(Nc2ccc(Br)cc2)o1. The summed E-state index contributed by atoms with van der Waals surface area (Å²) in [5.74, 6) is 1.16. The monoisotopic (exact) mass is 385 g/mol. The fraction of sp³-hybridized carbons (Fsp3) is 0.263. The Labute approximate surface area is 150 Å². The van der Waals surface area contributed by atoms with Crippen molar-refractivity contribution in [3.8, 4) is 0 Å². The van der Waals surface area contributed by atoms with Crippen molar-refractivity contribution in [1.29, 1.82) is 0 Å². The molecule has 5 heteroatoms. The van der Waals surface area contributed by atoms with Gasteiger partial charge in [0.1, 0.15) is 0 Å². The van der Waals surface area contributed by atoms with Gasteiger partial charge in [0.05, 0.1) is 0 Å². The molecule has 3 rings (SSSR count). The molecule has 0 atom stereocenters. The number of hydrogen-bond acceptors (Lipinski definition) is 4. The molecule has 124 valence electrons. The zero-order valence-electron chi connectivity index (χ0n) is 13.8. The molecular formula is C19H20BrN3O. The molecule has 1 heterocycles. The minimum absolute atomic E-state index is 0.421. The van der Waals surface area contributed by atoms with Gasteiger partial charge in [-0.15, -0.1) is 5.10 Å². The molecular weight excluding hydrogens is 366 g/mol. The zero-order valence-corrected chi connectivity index (χ0v) is 15.4. The quantitative estimate of drug-likeness (QED) is 0.609. The van der Waals surface area contributed by atoms with Gasteiger partial charge in [-0.05, 0) is 47.7 Å². The molecule has 0 unspecified atom stereocenters. The van der Waals surface area contributed by atoms with Crippen LogP contribution in [0.25, 0.3) is 0 Å². The van der Waals surface area contributed by atoms with Crippen LogP contribution in [-0.2, 0) is 12.8 Å². The Morgan fingerprint density at radius 1 is 1.00 bits per heavy atom. The lowest BCUT2D eigenvalue weighted by molar-refractivity contribution is 0.506. The Bertz CT molecular complexity index is 796. The molecule has 24 heavy (non-hydrogen) atoms. The van der Waals surface area contributed by atoms with Crippen LogP contribution in [0.15, 0.2) is 57.4 Å². The van der Waals surface area contributed by atoms with Crippen LogP contribution in [0.3, 0.4) is 0 Å². The first kappa shape index (κ1) is 16.7. The predicted octanol–water partition coefficient (Wildman–Crippen LogP) is 5.48. The van der Waals surface area contributed by atoms with Crippen LogP contribution in [-0.4, -0.2) is 10.2 Å². The van der Waals surface area contributed by atoms with Crippen LogP contribution in [0.2, 0.25) is 0 Å². The maximum absolute atomic E-state index is 5.69. The largest absolute Gasteiger partial charge is 0.408 e. The van der Waals surface area contributed by atoms with Gasteiger partial charge in [0.2, 0.25) is 5.89 Å². The van der Waals surface area contributed by atoms with Gasteiger partial charge < -0.3 is 9.73 Å². The lowest BCUT2D eigenvalue weighted by Gasteiger charge is -2.11. The van der Waals surface area contributed by atoms with Crippen molar-refractivity contribution < 1.29 is 4.42 Å². The highest BCUT2D eigenvalue weighted by Gasteiger charge is 2.10. The van der Waals surface area contributed by atoms with Gasteiger partial charge >= 0.3 is 6.01 Å². The summed E-state index contributed by atoms with van der Waals surface area (Å²) in [4.78, 5) is 0. The van der Waals surface area contributed by atoms with Crippen molar-refractivity contribution in [1.82, 2.24) is 10.2 Å². The van der Waals surface area contributed by atoms with E-state index in [1.807, 2.05) is 24.3 Å². The molecule has 0 radical (unpaired) electrons. The average molecular weight is 386 g/mol. The highest BCUT2D eigenvalue weighted by Crippen LogP contribution is 2.22. The summed E-state index contributed by atoms with van der Waals surface area (Å²) in [5, 5.41) is 11.3. The van der Waals surface area contributed by atoms with Gasteiger partial charge in [-0.1, -0.05) is 59.1 Å². The third kappa shape index (κ3) is 4.23. The van der Waals surface area contributed by atoms with E-state index >= 15 is 0 Å². The van der Waals surface area contributed by atoms with E-state index in [9.17, 15) is 0 Å². The first-order chi connectivity index (χ1) is 11.6. The number of nitrogens with one attached hydrogen (secondary N) is 1. The second-order valence-electron chi connectivity index (χ2n) is 5.99. The number of hydrogen-bond donors (Lipinski definition) is 1. The van der Waals surface area contributed by atoms with Gasteiger partial charge in [0.25, 0.3) is 0 Å². The lowest BCUT2D eigenvalue weighted by atomic mass is 9.94. The number of aromatic nitrogens is 2. The van der Waals surface area contributed by atoms with Crippen molar-refractivity contribution in [2.75, 3.05) is 5.32 Å². The molecule has 0 bridgehead atoms. The predicted molar refractivity (Wildman–Crippen MR) is 99.7 cm³/mol. The first-order valence-electron chi connectivity index (χ1n) is 8.04. The molecule has 0 aliphatic heterocycles. The van der Waals surface area contributed by atoms with Gasteiger partial charge in [-0.25, -0.2) is 0 Å². The third-order valence-electron chi connectivity index (χ3n) is 3.85. The van der Waals surface area contributed by atoms with Crippen LogP contribution >= 0.6 is 15.9 Å². The second-order valence-corrected chi connectivity index (χ2v) is 6.90. The topological polar surface area (TPSA) is 51.0 Å². The molecule has 0 saturated heterocycles. The van der Waals surface area contributed by atoms with E-state index in [0.717, 1.165) is 23.0 Å². The van der Waals surface area contributed by atoms with Gasteiger partial charge in [0.15, 0.2) is 0 Å². The van der Waals surface area contributed by atoms with Crippen LogP contribution in [0.4, 0.5) is 11.7 Å². The van der Waals surface area contributed by atoms with E-state index in [1.165, 1.54) is 11.1 Å². The number of rotatable bonds is 6. The minimum Gasteiger partial charge on any atom is -0.408 e. The molecule has 0 saturated carbocycles. The summed E-state index contributed by atoms with van der Waals surface area (Å²) >= 11 is 3.41. The fourth-order valence-corrected chi connectivity index (χ4v) is 2.89. The van der Waals surface area contributed by atoms with Crippen molar-refractivity contribution in [3.05, 3.63) is 70.0 Å². The number of aryl methyl sites for hydroxylation is 2. The van der Waals surface area contributed by atoms with Crippen molar-refractivity contribution in [2.24, 2.45) is 0 Å². The number of benzene rings is 2. The maximum atomic E-state index is 5.69. The number of nitrogens with zero attached hydrogens (tertiary/aromatic N) is 2.